The summed E-state index contributed by atoms with van der Waals surface area (Å²) < 4.78 is 25.7. The van der Waals surface area contributed by atoms with Gasteiger partial charge in [0, 0.05) is 38.1 Å². The molecule has 0 aliphatic carbocycles. The number of rotatable bonds is 8. The summed E-state index contributed by atoms with van der Waals surface area (Å²) in [6.45, 7) is 18.2. The van der Waals surface area contributed by atoms with Crippen LogP contribution in [0.3, 0.4) is 0 Å². The molecule has 1 N–H and O–H groups in total. The van der Waals surface area contributed by atoms with E-state index < -0.39 is 10.0 Å². The van der Waals surface area contributed by atoms with Crippen molar-refractivity contribution in [2.45, 2.75) is 66.1 Å². The Balaban J connectivity index is 0.00000123. The SMILES string of the molecule is CC.CC.CC(C)S(=O)(=O)NCCCCCN1CC2(CN(C)C2)C1. The maximum atomic E-state index is 11.5. The molecule has 0 amide bonds. The fourth-order valence-corrected chi connectivity index (χ4v) is 4.14. The topological polar surface area (TPSA) is 52.7 Å². The van der Waals surface area contributed by atoms with Gasteiger partial charge in [-0.1, -0.05) is 34.1 Å². The summed E-state index contributed by atoms with van der Waals surface area (Å²) in [5.74, 6) is 0. The van der Waals surface area contributed by atoms with Crippen LogP contribution in [0.15, 0.2) is 0 Å². The van der Waals surface area contributed by atoms with E-state index >= 15 is 0 Å². The third-order valence-electron chi connectivity index (χ3n) is 4.40. The van der Waals surface area contributed by atoms with E-state index in [4.69, 9.17) is 0 Å². The summed E-state index contributed by atoms with van der Waals surface area (Å²) >= 11 is 0. The molecule has 0 aromatic rings. The Morgan fingerprint density at radius 3 is 1.96 bits per heavy atom. The summed E-state index contributed by atoms with van der Waals surface area (Å²) in [4.78, 5) is 4.92. The van der Waals surface area contributed by atoms with Crippen LogP contribution in [0.1, 0.15) is 60.8 Å². The monoisotopic (exact) mass is 363 g/mol. The minimum atomic E-state index is -3.08. The van der Waals surface area contributed by atoms with Gasteiger partial charge in [0.2, 0.25) is 10.0 Å². The molecule has 0 atom stereocenters. The second-order valence-electron chi connectivity index (χ2n) is 6.93. The van der Waals surface area contributed by atoms with Gasteiger partial charge in [-0.3, -0.25) is 0 Å². The molecule has 0 saturated carbocycles. The van der Waals surface area contributed by atoms with Crippen molar-refractivity contribution < 1.29 is 8.42 Å². The smallest absolute Gasteiger partial charge is 0.213 e. The molecule has 1 spiro atoms. The van der Waals surface area contributed by atoms with Gasteiger partial charge in [-0.2, -0.15) is 0 Å². The van der Waals surface area contributed by atoms with Crippen molar-refractivity contribution in [1.29, 1.82) is 0 Å². The van der Waals surface area contributed by atoms with Crippen LogP contribution in [0.4, 0.5) is 0 Å². The quantitative estimate of drug-likeness (QED) is 0.674. The van der Waals surface area contributed by atoms with Crippen LogP contribution < -0.4 is 4.72 Å². The largest absolute Gasteiger partial charge is 0.305 e. The van der Waals surface area contributed by atoms with Crippen LogP contribution in [0.2, 0.25) is 0 Å². The van der Waals surface area contributed by atoms with E-state index in [2.05, 4.69) is 21.6 Å². The van der Waals surface area contributed by atoms with E-state index in [1.54, 1.807) is 13.8 Å². The Bertz CT molecular complexity index is 410. The van der Waals surface area contributed by atoms with Gasteiger partial charge in [0.1, 0.15) is 0 Å². The van der Waals surface area contributed by atoms with Gasteiger partial charge in [-0.05, 0) is 40.3 Å². The van der Waals surface area contributed by atoms with Gasteiger partial charge in [0.15, 0.2) is 0 Å². The molecule has 5 nitrogen and oxygen atoms in total. The van der Waals surface area contributed by atoms with E-state index in [0.29, 0.717) is 12.0 Å². The fraction of sp³-hybridized carbons (Fsp3) is 1.00. The average molecular weight is 364 g/mol. The van der Waals surface area contributed by atoms with Crippen LogP contribution in [0.5, 0.6) is 0 Å². The predicted octanol–water partition coefficient (Wildman–Crippen LogP) is 2.78. The van der Waals surface area contributed by atoms with Crippen LogP contribution in [-0.4, -0.2) is 69.8 Å². The highest BCUT2D eigenvalue weighted by atomic mass is 32.2. The second kappa shape index (κ2) is 11.4. The second-order valence-corrected chi connectivity index (χ2v) is 9.25. The van der Waals surface area contributed by atoms with Crippen molar-refractivity contribution in [2.24, 2.45) is 5.41 Å². The summed E-state index contributed by atoms with van der Waals surface area (Å²) in [6.07, 6.45) is 3.22. The molecule has 2 aliphatic heterocycles. The number of nitrogens with zero attached hydrogens (tertiary/aromatic N) is 2. The molecule has 0 aromatic heterocycles. The Kier molecular flexibility index (Phi) is 11.4. The molecule has 0 radical (unpaired) electrons. The van der Waals surface area contributed by atoms with Crippen molar-refractivity contribution in [3.63, 3.8) is 0 Å². The van der Waals surface area contributed by atoms with Crippen LogP contribution in [-0.2, 0) is 10.0 Å². The lowest BCUT2D eigenvalue weighted by molar-refractivity contribution is -0.104. The minimum Gasteiger partial charge on any atom is -0.305 e. The Morgan fingerprint density at radius 1 is 0.958 bits per heavy atom. The third kappa shape index (κ3) is 7.38. The highest BCUT2D eigenvalue weighted by molar-refractivity contribution is 7.90. The van der Waals surface area contributed by atoms with E-state index in [9.17, 15) is 8.42 Å². The summed E-state index contributed by atoms with van der Waals surface area (Å²) in [7, 11) is -0.890. The Labute approximate surface area is 151 Å². The van der Waals surface area contributed by atoms with Gasteiger partial charge in [-0.25, -0.2) is 13.1 Å². The van der Waals surface area contributed by atoms with Gasteiger partial charge in [0.05, 0.1) is 5.25 Å². The molecule has 146 valence electrons. The standard InChI is InChI=1S/C14H29N3O2S.2C2H6/c1-13(2)20(18,19)15-7-5-4-6-8-17-11-14(12-17)9-16(3)10-14;2*1-2/h13,15H,4-12H2,1-3H3;2*1-2H3. The van der Waals surface area contributed by atoms with Gasteiger partial charge in [-0.15, -0.1) is 0 Å². The molecule has 6 heteroatoms. The summed E-state index contributed by atoms with van der Waals surface area (Å²) in [5.41, 5.74) is 0.627. The van der Waals surface area contributed by atoms with Crippen LogP contribution in [0.25, 0.3) is 0 Å². The van der Waals surface area contributed by atoms with Crippen molar-refractivity contribution in [2.75, 3.05) is 46.3 Å². The molecule has 2 fully saturated rings. The van der Waals surface area contributed by atoms with Crippen molar-refractivity contribution in [3.05, 3.63) is 0 Å². The van der Waals surface area contributed by atoms with Gasteiger partial charge < -0.3 is 9.80 Å². The predicted molar refractivity (Wildman–Crippen MR) is 105 cm³/mol. The molecule has 0 aromatic carbocycles. The van der Waals surface area contributed by atoms with Gasteiger partial charge >= 0.3 is 0 Å². The normalized spacial score (nSPS) is 19.7. The first-order valence-electron chi connectivity index (χ1n) is 9.72. The van der Waals surface area contributed by atoms with Crippen LogP contribution >= 0.6 is 0 Å². The number of nitrogens with one attached hydrogen (secondary N) is 1. The zero-order valence-corrected chi connectivity index (χ0v) is 17.9. The molecule has 2 aliphatic rings. The Hall–Kier alpha value is -0.170. The summed E-state index contributed by atoms with van der Waals surface area (Å²) in [6, 6.07) is 0. The number of unbranched alkanes of at least 4 members (excludes halogenated alkanes) is 2. The molecule has 24 heavy (non-hydrogen) atoms. The van der Waals surface area contributed by atoms with E-state index in [1.807, 2.05) is 27.7 Å². The fourth-order valence-electron chi connectivity index (χ4n) is 3.38. The van der Waals surface area contributed by atoms with Crippen LogP contribution in [0, 0.1) is 5.41 Å². The summed E-state index contributed by atoms with van der Waals surface area (Å²) in [5, 5.41) is -0.333. The molecular weight excluding hydrogens is 322 g/mol. The van der Waals surface area contributed by atoms with E-state index in [-0.39, 0.29) is 5.25 Å². The molecular formula is C18H41N3O2S. The molecule has 2 rings (SSSR count). The molecule has 2 heterocycles. The number of hydrogen-bond acceptors (Lipinski definition) is 4. The average Bonchev–Trinajstić information content (AvgIpc) is 2.50. The minimum absolute atomic E-state index is 0.333. The zero-order valence-electron chi connectivity index (χ0n) is 17.1. The van der Waals surface area contributed by atoms with E-state index in [0.717, 1.165) is 12.8 Å². The third-order valence-corrected chi connectivity index (χ3v) is 6.25. The highest BCUT2D eigenvalue weighted by Gasteiger charge is 2.49. The lowest BCUT2D eigenvalue weighted by Crippen LogP contribution is -2.71. The molecule has 0 unspecified atom stereocenters. The van der Waals surface area contributed by atoms with Crippen molar-refractivity contribution in [3.8, 4) is 0 Å². The van der Waals surface area contributed by atoms with Crippen molar-refractivity contribution in [1.82, 2.24) is 14.5 Å². The number of hydrogen-bond donors (Lipinski definition) is 1. The first kappa shape index (κ1) is 23.8. The van der Waals surface area contributed by atoms with E-state index in [1.165, 1.54) is 39.1 Å². The first-order chi connectivity index (χ1) is 11.3. The Morgan fingerprint density at radius 2 is 1.50 bits per heavy atom. The zero-order chi connectivity index (χ0) is 18.8. The molecule has 0 bridgehead atoms. The lowest BCUT2D eigenvalue weighted by atomic mass is 9.73. The number of sulfonamides is 1. The number of likely N-dealkylation sites (tertiary alicyclic amines) is 2. The van der Waals surface area contributed by atoms with Crippen molar-refractivity contribution >= 4 is 10.0 Å². The van der Waals surface area contributed by atoms with Gasteiger partial charge in [0.25, 0.3) is 0 Å². The maximum Gasteiger partial charge on any atom is 0.213 e. The maximum absolute atomic E-state index is 11.5. The first-order valence-corrected chi connectivity index (χ1v) is 11.3. The highest BCUT2D eigenvalue weighted by Crippen LogP contribution is 2.38. The lowest BCUT2D eigenvalue weighted by Gasteiger charge is -2.59. The molecule has 2 saturated heterocycles.